The second kappa shape index (κ2) is 8.40. The van der Waals surface area contributed by atoms with Crippen LogP contribution in [0.4, 0.5) is 5.69 Å². The topological polar surface area (TPSA) is 91.0 Å². The molecule has 0 amide bonds. The number of carbonyl (C=O) groups excluding carboxylic acids is 1. The highest BCUT2D eigenvalue weighted by molar-refractivity contribution is 6.31. The van der Waals surface area contributed by atoms with E-state index in [9.17, 15) is 14.9 Å². The Balaban J connectivity index is 1.58. The fourth-order valence-electron chi connectivity index (χ4n) is 2.98. The van der Waals surface area contributed by atoms with Gasteiger partial charge in [0.2, 0.25) is 0 Å². The van der Waals surface area contributed by atoms with E-state index < -0.39 is 10.9 Å². The van der Waals surface area contributed by atoms with Gasteiger partial charge in [-0.15, -0.1) is 0 Å². The summed E-state index contributed by atoms with van der Waals surface area (Å²) in [4.78, 5) is 27.5. The molecule has 1 heterocycles. The Morgan fingerprint density at radius 1 is 0.967 bits per heavy atom. The van der Waals surface area contributed by atoms with Crippen molar-refractivity contribution in [3.05, 3.63) is 111 Å². The average molecular weight is 400 g/mol. The standard InChI is InChI=1S/C23H16N2O5/c26-23-20(22(24-30-23)17-6-2-1-3-7-17)14-18-8-4-5-9-21(18)29-15-16-10-12-19(13-11-16)25(27)28/h1-14H,15H2/b20-14-. The summed E-state index contributed by atoms with van der Waals surface area (Å²) in [6.45, 7) is 0.224. The number of hydrogen-bond donors (Lipinski definition) is 0. The summed E-state index contributed by atoms with van der Waals surface area (Å²) >= 11 is 0. The van der Waals surface area contributed by atoms with Crippen LogP contribution >= 0.6 is 0 Å². The van der Waals surface area contributed by atoms with Gasteiger partial charge in [0.1, 0.15) is 18.1 Å². The third kappa shape index (κ3) is 4.10. The van der Waals surface area contributed by atoms with Crippen LogP contribution in [-0.2, 0) is 16.2 Å². The molecule has 4 rings (SSSR count). The zero-order chi connectivity index (χ0) is 20.9. The van der Waals surface area contributed by atoms with Crippen LogP contribution in [0.25, 0.3) is 6.08 Å². The van der Waals surface area contributed by atoms with E-state index in [4.69, 9.17) is 9.57 Å². The molecule has 3 aromatic rings. The number of non-ortho nitro benzene ring substituents is 1. The molecule has 0 unspecified atom stereocenters. The number of para-hydroxylation sites is 1. The Hall–Kier alpha value is -4.26. The summed E-state index contributed by atoms with van der Waals surface area (Å²) in [5.74, 6) is 0.0366. The number of hydrogen-bond acceptors (Lipinski definition) is 6. The molecule has 0 radical (unpaired) electrons. The molecule has 0 fully saturated rings. The molecule has 30 heavy (non-hydrogen) atoms. The third-order valence-electron chi connectivity index (χ3n) is 4.50. The van der Waals surface area contributed by atoms with Crippen LogP contribution in [0.15, 0.2) is 89.6 Å². The molecule has 1 aliphatic heterocycles. The quantitative estimate of drug-likeness (QED) is 0.263. The summed E-state index contributed by atoms with van der Waals surface area (Å²) < 4.78 is 5.90. The first-order valence-corrected chi connectivity index (χ1v) is 9.14. The van der Waals surface area contributed by atoms with Crippen molar-refractivity contribution >= 4 is 23.4 Å². The van der Waals surface area contributed by atoms with Crippen LogP contribution in [0.2, 0.25) is 0 Å². The fraction of sp³-hybridized carbons (Fsp3) is 0.0435. The number of oxime groups is 1. The molecule has 1 aliphatic rings. The molecule has 0 saturated carbocycles. The van der Waals surface area contributed by atoms with Gasteiger partial charge in [0.25, 0.3) is 5.69 Å². The molecule has 3 aromatic carbocycles. The number of carbonyl (C=O) groups is 1. The van der Waals surface area contributed by atoms with E-state index in [2.05, 4.69) is 5.16 Å². The molecule has 7 nitrogen and oxygen atoms in total. The zero-order valence-corrected chi connectivity index (χ0v) is 15.7. The van der Waals surface area contributed by atoms with Crippen molar-refractivity contribution in [2.45, 2.75) is 6.61 Å². The number of benzene rings is 3. The minimum atomic E-state index is -0.529. The predicted octanol–water partition coefficient (Wildman–Crippen LogP) is 4.52. The summed E-state index contributed by atoms with van der Waals surface area (Å²) in [5, 5.41) is 14.7. The smallest absolute Gasteiger partial charge is 0.368 e. The molecule has 0 spiro atoms. The Bertz CT molecular complexity index is 1150. The molecular weight excluding hydrogens is 384 g/mol. The first kappa shape index (κ1) is 19.1. The van der Waals surface area contributed by atoms with Crippen molar-refractivity contribution in [2.75, 3.05) is 0 Å². The van der Waals surface area contributed by atoms with Gasteiger partial charge >= 0.3 is 5.97 Å². The maximum atomic E-state index is 12.2. The van der Waals surface area contributed by atoms with Crippen molar-refractivity contribution in [1.29, 1.82) is 0 Å². The van der Waals surface area contributed by atoms with E-state index in [1.54, 1.807) is 24.3 Å². The monoisotopic (exact) mass is 400 g/mol. The number of nitro groups is 1. The van der Waals surface area contributed by atoms with E-state index >= 15 is 0 Å². The van der Waals surface area contributed by atoms with Crippen molar-refractivity contribution in [3.8, 4) is 5.75 Å². The van der Waals surface area contributed by atoms with E-state index in [-0.39, 0.29) is 12.3 Å². The van der Waals surface area contributed by atoms with Crippen LogP contribution < -0.4 is 4.74 Å². The van der Waals surface area contributed by atoms with Gasteiger partial charge in [-0.1, -0.05) is 53.7 Å². The van der Waals surface area contributed by atoms with E-state index in [0.717, 1.165) is 11.1 Å². The van der Waals surface area contributed by atoms with Gasteiger partial charge in [-0.05, 0) is 29.8 Å². The number of rotatable bonds is 6. The highest BCUT2D eigenvalue weighted by Crippen LogP contribution is 2.26. The summed E-state index contributed by atoms with van der Waals surface area (Å²) in [7, 11) is 0. The van der Waals surface area contributed by atoms with E-state index in [1.165, 1.54) is 12.1 Å². The van der Waals surface area contributed by atoms with Crippen LogP contribution in [-0.4, -0.2) is 16.6 Å². The zero-order valence-electron chi connectivity index (χ0n) is 15.7. The highest BCUT2D eigenvalue weighted by atomic mass is 16.7. The van der Waals surface area contributed by atoms with Gasteiger partial charge in [-0.25, -0.2) is 4.79 Å². The number of ether oxygens (including phenoxy) is 1. The molecule has 0 aromatic heterocycles. The Morgan fingerprint density at radius 3 is 2.40 bits per heavy atom. The summed E-state index contributed by atoms with van der Waals surface area (Å²) in [6, 6.07) is 22.7. The van der Waals surface area contributed by atoms with Gasteiger partial charge < -0.3 is 9.57 Å². The van der Waals surface area contributed by atoms with Crippen LogP contribution in [0.3, 0.4) is 0 Å². The summed E-state index contributed by atoms with van der Waals surface area (Å²) in [6.07, 6.45) is 1.69. The van der Waals surface area contributed by atoms with Gasteiger partial charge in [0.15, 0.2) is 0 Å². The SMILES string of the molecule is O=C1ON=C(c2ccccc2)/C1=C/c1ccccc1OCc1ccc([N+](=O)[O-])cc1. The fourth-order valence-corrected chi connectivity index (χ4v) is 2.98. The predicted molar refractivity (Wildman–Crippen MR) is 111 cm³/mol. The molecule has 0 N–H and O–H groups in total. The van der Waals surface area contributed by atoms with Gasteiger partial charge in [-0.2, -0.15) is 0 Å². The molecule has 0 atom stereocenters. The van der Waals surface area contributed by atoms with Gasteiger partial charge in [0, 0.05) is 23.3 Å². The normalized spacial score (nSPS) is 14.3. The molecule has 0 bridgehead atoms. The molecule has 0 saturated heterocycles. The second-order valence-corrected chi connectivity index (χ2v) is 6.49. The minimum absolute atomic E-state index is 0.0244. The lowest BCUT2D eigenvalue weighted by Gasteiger charge is -2.10. The Labute approximate surface area is 172 Å². The second-order valence-electron chi connectivity index (χ2n) is 6.49. The number of nitrogens with zero attached hydrogens (tertiary/aromatic N) is 2. The lowest BCUT2D eigenvalue weighted by molar-refractivity contribution is -0.384. The van der Waals surface area contributed by atoms with Crippen molar-refractivity contribution in [2.24, 2.45) is 5.16 Å². The number of nitro benzene ring substituents is 1. The highest BCUT2D eigenvalue weighted by Gasteiger charge is 2.27. The maximum Gasteiger partial charge on any atom is 0.368 e. The largest absolute Gasteiger partial charge is 0.488 e. The molecule has 148 valence electrons. The van der Waals surface area contributed by atoms with Crippen LogP contribution in [0.1, 0.15) is 16.7 Å². The first-order valence-electron chi connectivity index (χ1n) is 9.14. The van der Waals surface area contributed by atoms with E-state index in [0.29, 0.717) is 22.6 Å². The van der Waals surface area contributed by atoms with Gasteiger partial charge in [-0.3, -0.25) is 10.1 Å². The van der Waals surface area contributed by atoms with Crippen molar-refractivity contribution in [3.63, 3.8) is 0 Å². The lowest BCUT2D eigenvalue weighted by atomic mass is 10.0. The average Bonchev–Trinajstić information content (AvgIpc) is 3.14. The summed E-state index contributed by atoms with van der Waals surface area (Å²) in [5.41, 5.74) is 3.08. The van der Waals surface area contributed by atoms with Crippen molar-refractivity contribution in [1.82, 2.24) is 0 Å². The third-order valence-corrected chi connectivity index (χ3v) is 4.50. The molecular formula is C23H16N2O5. The molecule has 7 heteroatoms. The minimum Gasteiger partial charge on any atom is -0.488 e. The molecule has 0 aliphatic carbocycles. The van der Waals surface area contributed by atoms with Crippen LogP contribution in [0.5, 0.6) is 5.75 Å². The van der Waals surface area contributed by atoms with Gasteiger partial charge in [0.05, 0.1) is 10.5 Å². The first-order chi connectivity index (χ1) is 14.6. The van der Waals surface area contributed by atoms with Crippen molar-refractivity contribution < 1.29 is 19.3 Å². The Kier molecular flexibility index (Phi) is 5.34. The maximum absolute atomic E-state index is 12.2. The lowest BCUT2D eigenvalue weighted by Crippen LogP contribution is -2.07. The van der Waals surface area contributed by atoms with Crippen LogP contribution in [0, 0.1) is 10.1 Å². The van der Waals surface area contributed by atoms with E-state index in [1.807, 2.05) is 48.5 Å². The Morgan fingerprint density at radius 2 is 1.67 bits per heavy atom.